The van der Waals surface area contributed by atoms with Crippen LogP contribution in [0.3, 0.4) is 0 Å². The van der Waals surface area contributed by atoms with Crippen molar-refractivity contribution in [1.29, 1.82) is 0 Å². The molecule has 0 aliphatic heterocycles. The maximum atomic E-state index is 5.85. The number of hydrogen-bond donors (Lipinski definition) is 1. The first-order valence-electron chi connectivity index (χ1n) is 6.18. The molecule has 0 aliphatic carbocycles. The minimum absolute atomic E-state index is 0.491. The molecule has 3 aromatic rings. The number of aromatic nitrogens is 2. The zero-order valence-electron chi connectivity index (χ0n) is 10.6. The van der Waals surface area contributed by atoms with Crippen molar-refractivity contribution < 1.29 is 4.42 Å². The summed E-state index contributed by atoms with van der Waals surface area (Å²) in [5.74, 6) is 1.03. The zero-order chi connectivity index (χ0) is 13.8. The van der Waals surface area contributed by atoms with Crippen LogP contribution in [0.5, 0.6) is 0 Å². The van der Waals surface area contributed by atoms with Crippen LogP contribution in [-0.2, 0) is 6.54 Å². The van der Waals surface area contributed by atoms with E-state index in [0.717, 1.165) is 11.3 Å². The summed E-state index contributed by atoms with van der Waals surface area (Å²) in [4.78, 5) is 0. The highest BCUT2D eigenvalue weighted by Crippen LogP contribution is 2.20. The van der Waals surface area contributed by atoms with Gasteiger partial charge >= 0.3 is 0 Å². The van der Waals surface area contributed by atoms with Crippen molar-refractivity contribution in [3.63, 3.8) is 0 Å². The normalized spacial score (nSPS) is 10.4. The van der Waals surface area contributed by atoms with E-state index in [4.69, 9.17) is 16.0 Å². The Kier molecular flexibility index (Phi) is 3.65. The molecule has 1 N–H and O–H groups in total. The summed E-state index contributed by atoms with van der Waals surface area (Å²) in [5.41, 5.74) is 1.87. The molecule has 1 heterocycles. The maximum absolute atomic E-state index is 5.85. The summed E-state index contributed by atoms with van der Waals surface area (Å²) in [5, 5.41) is 11.9. The van der Waals surface area contributed by atoms with Gasteiger partial charge in [0.25, 0.3) is 0 Å². The van der Waals surface area contributed by atoms with E-state index in [1.807, 2.05) is 42.5 Å². The van der Waals surface area contributed by atoms with Gasteiger partial charge in [-0.05, 0) is 36.4 Å². The van der Waals surface area contributed by atoms with E-state index in [-0.39, 0.29) is 0 Å². The first-order chi connectivity index (χ1) is 9.81. The number of hydrogen-bond acceptors (Lipinski definition) is 4. The van der Waals surface area contributed by atoms with Crippen LogP contribution in [0.4, 0.5) is 5.69 Å². The van der Waals surface area contributed by atoms with Crippen LogP contribution < -0.4 is 5.32 Å². The molecule has 0 radical (unpaired) electrons. The number of para-hydroxylation sites is 1. The molecule has 1 aromatic heterocycles. The number of rotatable bonds is 4. The number of nitrogens with zero attached hydrogens (tertiary/aromatic N) is 2. The lowest BCUT2D eigenvalue weighted by Crippen LogP contribution is -1.99. The molecule has 0 unspecified atom stereocenters. The molecular weight excluding hydrogens is 274 g/mol. The molecule has 3 rings (SSSR count). The van der Waals surface area contributed by atoms with E-state index in [1.165, 1.54) is 0 Å². The second-order valence-corrected chi connectivity index (χ2v) is 4.66. The second-order valence-electron chi connectivity index (χ2n) is 4.23. The molecule has 20 heavy (non-hydrogen) atoms. The van der Waals surface area contributed by atoms with Crippen LogP contribution in [0.1, 0.15) is 5.89 Å². The Morgan fingerprint density at radius 1 is 0.950 bits per heavy atom. The first kappa shape index (κ1) is 12.7. The number of nitrogens with one attached hydrogen (secondary N) is 1. The molecule has 0 amide bonds. The molecule has 0 atom stereocenters. The van der Waals surface area contributed by atoms with Gasteiger partial charge in [-0.15, -0.1) is 10.2 Å². The average Bonchev–Trinajstić information content (AvgIpc) is 2.96. The predicted octanol–water partition coefficient (Wildman–Crippen LogP) is 4.00. The number of anilines is 1. The first-order valence-corrected chi connectivity index (χ1v) is 6.56. The van der Waals surface area contributed by atoms with E-state index in [1.54, 1.807) is 12.1 Å². The third kappa shape index (κ3) is 2.97. The Bertz CT molecular complexity index is 680. The maximum Gasteiger partial charge on any atom is 0.247 e. The Hall–Kier alpha value is -2.33. The van der Waals surface area contributed by atoms with Crippen LogP contribution in [0.2, 0.25) is 5.02 Å². The van der Waals surface area contributed by atoms with Crippen LogP contribution in [0.25, 0.3) is 11.5 Å². The highest BCUT2D eigenvalue weighted by Gasteiger charge is 2.08. The van der Waals surface area contributed by atoms with Crippen LogP contribution >= 0.6 is 11.6 Å². The minimum Gasteiger partial charge on any atom is -0.419 e. The predicted molar refractivity (Wildman–Crippen MR) is 78.5 cm³/mol. The summed E-state index contributed by atoms with van der Waals surface area (Å²) in [6.07, 6.45) is 0. The van der Waals surface area contributed by atoms with Gasteiger partial charge in [-0.1, -0.05) is 29.8 Å². The molecule has 4 nitrogen and oxygen atoms in total. The van der Waals surface area contributed by atoms with Gasteiger partial charge in [-0.25, -0.2) is 0 Å². The Balaban J connectivity index is 1.69. The molecule has 100 valence electrons. The van der Waals surface area contributed by atoms with Gasteiger partial charge in [0.05, 0.1) is 6.54 Å². The smallest absolute Gasteiger partial charge is 0.247 e. The van der Waals surface area contributed by atoms with E-state index in [9.17, 15) is 0 Å². The van der Waals surface area contributed by atoms with E-state index < -0.39 is 0 Å². The van der Waals surface area contributed by atoms with Gasteiger partial charge in [0, 0.05) is 16.3 Å². The summed E-state index contributed by atoms with van der Waals surface area (Å²) < 4.78 is 5.60. The van der Waals surface area contributed by atoms with Crippen molar-refractivity contribution in [2.24, 2.45) is 0 Å². The van der Waals surface area contributed by atoms with Gasteiger partial charge in [-0.3, -0.25) is 0 Å². The van der Waals surface area contributed by atoms with E-state index in [2.05, 4.69) is 15.5 Å². The lowest BCUT2D eigenvalue weighted by atomic mass is 10.2. The van der Waals surface area contributed by atoms with Crippen molar-refractivity contribution in [2.45, 2.75) is 6.54 Å². The third-order valence-corrected chi connectivity index (χ3v) is 3.03. The largest absolute Gasteiger partial charge is 0.419 e. The summed E-state index contributed by atoms with van der Waals surface area (Å²) in [6.45, 7) is 0.491. The molecule has 0 saturated heterocycles. The number of benzene rings is 2. The molecule has 0 saturated carbocycles. The SMILES string of the molecule is Clc1ccc(-c2nnc(CNc3ccccc3)o2)cc1. The molecule has 5 heteroatoms. The fourth-order valence-electron chi connectivity index (χ4n) is 1.77. The zero-order valence-corrected chi connectivity index (χ0v) is 11.3. The van der Waals surface area contributed by atoms with Gasteiger partial charge < -0.3 is 9.73 Å². The van der Waals surface area contributed by atoms with Gasteiger partial charge in [0.1, 0.15) is 0 Å². The van der Waals surface area contributed by atoms with Crippen molar-refractivity contribution >= 4 is 17.3 Å². The summed E-state index contributed by atoms with van der Waals surface area (Å²) in [7, 11) is 0. The van der Waals surface area contributed by atoms with Crippen molar-refractivity contribution in [1.82, 2.24) is 10.2 Å². The molecule has 0 fully saturated rings. The van der Waals surface area contributed by atoms with Crippen molar-refractivity contribution in [3.05, 3.63) is 65.5 Å². The minimum atomic E-state index is 0.491. The lowest BCUT2D eigenvalue weighted by Gasteiger charge is -2.01. The quantitative estimate of drug-likeness (QED) is 0.787. The van der Waals surface area contributed by atoms with Gasteiger partial charge in [0.15, 0.2) is 0 Å². The Labute approximate surface area is 121 Å². The average molecular weight is 286 g/mol. The van der Waals surface area contributed by atoms with Gasteiger partial charge in [-0.2, -0.15) is 0 Å². The molecule has 0 aliphatic rings. The fraction of sp³-hybridized carbons (Fsp3) is 0.0667. The molecule has 0 bridgehead atoms. The molecule has 0 spiro atoms. The third-order valence-electron chi connectivity index (χ3n) is 2.78. The van der Waals surface area contributed by atoms with Gasteiger partial charge in [0.2, 0.25) is 11.8 Å². The standard InChI is InChI=1S/C15H12ClN3O/c16-12-8-6-11(7-9-12)15-19-18-14(20-15)10-17-13-4-2-1-3-5-13/h1-9,17H,10H2. The monoisotopic (exact) mass is 285 g/mol. The second kappa shape index (κ2) is 5.75. The van der Waals surface area contributed by atoms with E-state index in [0.29, 0.717) is 23.3 Å². The lowest BCUT2D eigenvalue weighted by molar-refractivity contribution is 0.515. The van der Waals surface area contributed by atoms with Crippen LogP contribution in [-0.4, -0.2) is 10.2 Å². The molecule has 2 aromatic carbocycles. The highest BCUT2D eigenvalue weighted by molar-refractivity contribution is 6.30. The highest BCUT2D eigenvalue weighted by atomic mass is 35.5. The molecular formula is C15H12ClN3O. The van der Waals surface area contributed by atoms with Crippen molar-refractivity contribution in [3.8, 4) is 11.5 Å². The number of halogens is 1. The Morgan fingerprint density at radius 3 is 2.45 bits per heavy atom. The topological polar surface area (TPSA) is 51.0 Å². The summed E-state index contributed by atoms with van der Waals surface area (Å²) >= 11 is 5.85. The summed E-state index contributed by atoms with van der Waals surface area (Å²) in [6, 6.07) is 17.2. The fourth-order valence-corrected chi connectivity index (χ4v) is 1.89. The Morgan fingerprint density at radius 2 is 1.70 bits per heavy atom. The van der Waals surface area contributed by atoms with Crippen LogP contribution in [0.15, 0.2) is 59.0 Å². The van der Waals surface area contributed by atoms with E-state index >= 15 is 0 Å². The van der Waals surface area contributed by atoms with Crippen molar-refractivity contribution in [2.75, 3.05) is 5.32 Å². The van der Waals surface area contributed by atoms with Crippen LogP contribution in [0, 0.1) is 0 Å².